The maximum atomic E-state index is 14.2. The molecule has 0 aliphatic carbocycles. The number of methoxy groups -OCH3 is 1. The highest BCUT2D eigenvalue weighted by Gasteiger charge is 2.33. The first-order valence-corrected chi connectivity index (χ1v) is 11.2. The van der Waals surface area contributed by atoms with Gasteiger partial charge in [-0.2, -0.15) is 0 Å². The van der Waals surface area contributed by atoms with Gasteiger partial charge in [0.05, 0.1) is 13.2 Å². The van der Waals surface area contributed by atoms with Crippen molar-refractivity contribution in [3.05, 3.63) is 29.6 Å². The molecule has 1 aromatic rings. The van der Waals surface area contributed by atoms with Crippen molar-refractivity contribution < 1.29 is 31.8 Å². The lowest BCUT2D eigenvalue weighted by molar-refractivity contribution is -0.274. The molecule has 12 heteroatoms. The molecular weight excluding hydrogens is 458 g/mol. The summed E-state index contributed by atoms with van der Waals surface area (Å²) in [7, 11) is 1.47. The highest BCUT2D eigenvalue weighted by Crippen LogP contribution is 2.25. The summed E-state index contributed by atoms with van der Waals surface area (Å²) < 4.78 is 59.9. The summed E-state index contributed by atoms with van der Waals surface area (Å²) >= 11 is 0. The van der Waals surface area contributed by atoms with Gasteiger partial charge in [-0.05, 0) is 24.8 Å². The van der Waals surface area contributed by atoms with Crippen molar-refractivity contribution in [3.63, 3.8) is 0 Å². The average Bonchev–Trinajstić information content (AvgIpc) is 2.77. The van der Waals surface area contributed by atoms with Crippen LogP contribution in [-0.4, -0.2) is 61.0 Å². The number of urea groups is 1. The maximum Gasteiger partial charge on any atom is 0.573 e. The molecule has 2 atom stereocenters. The molecule has 194 valence electrons. The minimum Gasteiger partial charge on any atom is -0.467 e. The number of piperidine rings is 1. The third-order valence-electron chi connectivity index (χ3n) is 5.06. The average molecular weight is 494 g/mol. The van der Waals surface area contributed by atoms with Crippen LogP contribution in [0.15, 0.2) is 23.3 Å². The number of nitrogens with zero attached hydrogens (tertiary/aromatic N) is 3. The number of likely N-dealkylation sites (tertiary alicyclic amines) is 1. The van der Waals surface area contributed by atoms with Gasteiger partial charge in [0, 0.05) is 37.8 Å². The molecule has 34 heavy (non-hydrogen) atoms. The number of nitrogens with two attached hydrogens (primary N) is 1. The van der Waals surface area contributed by atoms with E-state index in [1.54, 1.807) is 4.90 Å². The number of carbonyl (C=O) groups is 1. The lowest BCUT2D eigenvalue weighted by atomic mass is 9.95. The zero-order valence-corrected chi connectivity index (χ0v) is 20.3. The van der Waals surface area contributed by atoms with Crippen molar-refractivity contribution in [2.45, 2.75) is 59.5 Å². The molecule has 0 saturated carbocycles. The van der Waals surface area contributed by atoms with Gasteiger partial charge in [0.1, 0.15) is 11.6 Å². The summed E-state index contributed by atoms with van der Waals surface area (Å²) in [6, 6.07) is 2.51. The maximum absolute atomic E-state index is 14.2. The lowest BCUT2D eigenvalue weighted by Crippen LogP contribution is -2.56. The first-order chi connectivity index (χ1) is 16.1. The van der Waals surface area contributed by atoms with Crippen molar-refractivity contribution in [2.24, 2.45) is 16.9 Å². The van der Waals surface area contributed by atoms with E-state index in [9.17, 15) is 22.4 Å². The zero-order chi connectivity index (χ0) is 25.9. The molecule has 0 bridgehead atoms. The molecule has 1 aliphatic heterocycles. The molecule has 3 N–H and O–H groups in total. The standard InChI is InChI=1S/C20H29F4N5O3.C2H6/c1-4-7-29(15-8-13(2)11-28(12-15)19(27-25)31-3)18(30)26-10-14-5-6-16(9-17(14)21)32-20(22,23)24;1-2/h5-6,9,13,15H,4,7-8,10-12,25H2,1-3H3,(H,26,30);1-2H3/b27-19-;. The number of benzene rings is 1. The van der Waals surface area contributed by atoms with Gasteiger partial charge in [-0.15, -0.1) is 18.3 Å². The summed E-state index contributed by atoms with van der Waals surface area (Å²) in [6.45, 7) is 9.42. The van der Waals surface area contributed by atoms with E-state index >= 15 is 0 Å². The Balaban J connectivity index is 0.00000281. The third-order valence-corrected chi connectivity index (χ3v) is 5.06. The molecule has 0 aromatic heterocycles. The molecule has 2 amide bonds. The number of hydrazone groups is 1. The van der Waals surface area contributed by atoms with Gasteiger partial charge in [-0.3, -0.25) is 0 Å². The van der Waals surface area contributed by atoms with Crippen LogP contribution in [0.5, 0.6) is 5.75 Å². The minimum atomic E-state index is -4.91. The molecule has 1 aliphatic rings. The van der Waals surface area contributed by atoms with Gasteiger partial charge in [-0.25, -0.2) is 9.18 Å². The molecule has 1 fully saturated rings. The fourth-order valence-corrected chi connectivity index (χ4v) is 3.80. The second-order valence-corrected chi connectivity index (χ2v) is 7.67. The van der Waals surface area contributed by atoms with Gasteiger partial charge in [0.25, 0.3) is 0 Å². The number of nitrogens with one attached hydrogen (secondary N) is 1. The van der Waals surface area contributed by atoms with Crippen LogP contribution in [0, 0.1) is 11.7 Å². The Labute approximate surface area is 198 Å². The molecular formula is C22H35F4N5O3. The Morgan fingerprint density at radius 3 is 2.53 bits per heavy atom. The summed E-state index contributed by atoms with van der Waals surface area (Å²) in [6.07, 6.45) is -3.45. The predicted molar refractivity (Wildman–Crippen MR) is 121 cm³/mol. The largest absolute Gasteiger partial charge is 0.573 e. The quantitative estimate of drug-likeness (QED) is 0.203. The fraction of sp³-hybridized carbons (Fsp3) is 0.636. The lowest BCUT2D eigenvalue weighted by Gasteiger charge is -2.42. The van der Waals surface area contributed by atoms with E-state index in [-0.39, 0.29) is 30.1 Å². The molecule has 2 rings (SSSR count). The van der Waals surface area contributed by atoms with E-state index in [1.165, 1.54) is 7.11 Å². The highest BCUT2D eigenvalue weighted by atomic mass is 19.4. The number of amides is 2. The summed E-state index contributed by atoms with van der Waals surface area (Å²) in [5.41, 5.74) is 0.0416. The van der Waals surface area contributed by atoms with Crippen LogP contribution >= 0.6 is 0 Å². The number of hydrogen-bond donors (Lipinski definition) is 2. The normalized spacial score (nSPS) is 18.5. The van der Waals surface area contributed by atoms with Gasteiger partial charge >= 0.3 is 18.4 Å². The van der Waals surface area contributed by atoms with Crippen LogP contribution in [0.3, 0.4) is 0 Å². The van der Waals surface area contributed by atoms with Crippen molar-refractivity contribution in [1.82, 2.24) is 15.1 Å². The van der Waals surface area contributed by atoms with Crippen molar-refractivity contribution in [2.75, 3.05) is 26.7 Å². The summed E-state index contributed by atoms with van der Waals surface area (Å²) in [4.78, 5) is 16.4. The van der Waals surface area contributed by atoms with Gasteiger partial charge < -0.3 is 30.4 Å². The minimum absolute atomic E-state index is 0.0416. The van der Waals surface area contributed by atoms with E-state index in [0.717, 1.165) is 18.6 Å². The SMILES string of the molecule is CC.CCCN(C(=O)NCc1ccc(OC(F)(F)F)cc1F)C1CC(C)CN(/C(=N/N)OC)C1. The van der Waals surface area contributed by atoms with Crippen LogP contribution in [0.1, 0.15) is 46.1 Å². The smallest absolute Gasteiger partial charge is 0.467 e. The Morgan fingerprint density at radius 1 is 1.32 bits per heavy atom. The Kier molecular flexibility index (Phi) is 11.7. The zero-order valence-electron chi connectivity index (χ0n) is 20.3. The van der Waals surface area contributed by atoms with Crippen LogP contribution in [0.25, 0.3) is 0 Å². The Morgan fingerprint density at radius 2 is 2.00 bits per heavy atom. The number of rotatable bonds is 6. The van der Waals surface area contributed by atoms with Crippen molar-refractivity contribution >= 4 is 12.1 Å². The van der Waals surface area contributed by atoms with E-state index < -0.39 is 24.0 Å². The van der Waals surface area contributed by atoms with E-state index in [1.807, 2.05) is 32.6 Å². The highest BCUT2D eigenvalue weighted by molar-refractivity contribution is 5.75. The molecule has 2 unspecified atom stereocenters. The molecule has 1 heterocycles. The van der Waals surface area contributed by atoms with E-state index in [4.69, 9.17) is 10.6 Å². The van der Waals surface area contributed by atoms with E-state index in [2.05, 4.69) is 15.2 Å². The van der Waals surface area contributed by atoms with Crippen LogP contribution in [0.4, 0.5) is 22.4 Å². The fourth-order valence-electron chi connectivity index (χ4n) is 3.80. The second kappa shape index (κ2) is 13.7. The first kappa shape index (κ1) is 29.1. The van der Waals surface area contributed by atoms with Gasteiger partial charge in [0.2, 0.25) is 0 Å². The molecule has 0 spiro atoms. The van der Waals surface area contributed by atoms with Gasteiger partial charge in [-0.1, -0.05) is 33.8 Å². The predicted octanol–water partition coefficient (Wildman–Crippen LogP) is 4.26. The summed E-state index contributed by atoms with van der Waals surface area (Å²) in [5.74, 6) is 4.06. The van der Waals surface area contributed by atoms with E-state index in [0.29, 0.717) is 32.1 Å². The van der Waals surface area contributed by atoms with Gasteiger partial charge in [0.15, 0.2) is 0 Å². The number of ether oxygens (including phenoxy) is 2. The molecule has 1 aromatic carbocycles. The molecule has 1 saturated heterocycles. The van der Waals surface area contributed by atoms with Crippen LogP contribution in [-0.2, 0) is 11.3 Å². The molecule has 8 nitrogen and oxygen atoms in total. The first-order valence-electron chi connectivity index (χ1n) is 11.2. The summed E-state index contributed by atoms with van der Waals surface area (Å²) in [5, 5.41) is 6.30. The monoisotopic (exact) mass is 493 g/mol. The topological polar surface area (TPSA) is 92.4 Å². The van der Waals surface area contributed by atoms with Crippen LogP contribution < -0.4 is 15.9 Å². The van der Waals surface area contributed by atoms with Crippen molar-refractivity contribution in [1.29, 1.82) is 0 Å². The number of carbonyl (C=O) groups excluding carboxylic acids is 1. The number of halogens is 4. The second-order valence-electron chi connectivity index (χ2n) is 7.67. The number of alkyl halides is 3. The Bertz CT molecular complexity index is 807. The number of hydrogen-bond acceptors (Lipinski definition) is 5. The van der Waals surface area contributed by atoms with Crippen molar-refractivity contribution in [3.8, 4) is 5.75 Å². The third kappa shape index (κ3) is 8.79. The molecule has 0 radical (unpaired) electrons. The van der Waals surface area contributed by atoms with Crippen LogP contribution in [0.2, 0.25) is 0 Å². The Hall–Kier alpha value is -2.92. The number of amidine groups is 1.